The highest BCUT2D eigenvalue weighted by Crippen LogP contribution is 2.34. The van der Waals surface area contributed by atoms with Crippen LogP contribution < -0.4 is 9.47 Å². The van der Waals surface area contributed by atoms with E-state index >= 15 is 0 Å². The van der Waals surface area contributed by atoms with E-state index in [1.807, 2.05) is 23.1 Å². The molecule has 7 nitrogen and oxygen atoms in total. The molecule has 1 N–H and O–H groups in total. The molecule has 33 heavy (non-hydrogen) atoms. The lowest BCUT2D eigenvalue weighted by atomic mass is 10.0. The number of nitrogens with one attached hydrogen (secondary N) is 1. The van der Waals surface area contributed by atoms with Crippen molar-refractivity contribution in [1.82, 2.24) is 24.6 Å². The minimum atomic E-state index is -0.739. The zero-order chi connectivity index (χ0) is 23.1. The molecule has 4 aromatic rings. The Morgan fingerprint density at radius 1 is 1.06 bits per heavy atom. The molecule has 0 saturated carbocycles. The Labute approximate surface area is 189 Å². The largest absolute Gasteiger partial charge is 0.494 e. The highest BCUT2D eigenvalue weighted by molar-refractivity contribution is 5.84. The second kappa shape index (κ2) is 8.47. The van der Waals surface area contributed by atoms with Gasteiger partial charge in [-0.25, -0.2) is 13.8 Å². The second-order valence-electron chi connectivity index (χ2n) is 8.21. The molecule has 9 heteroatoms. The number of likely N-dealkylation sites (tertiary alicyclic amines) is 1. The van der Waals surface area contributed by atoms with E-state index in [-0.39, 0.29) is 23.5 Å². The summed E-state index contributed by atoms with van der Waals surface area (Å²) in [6.45, 7) is 5.19. The van der Waals surface area contributed by atoms with Crippen molar-refractivity contribution in [1.29, 1.82) is 0 Å². The Hall–Kier alpha value is -3.46. The molecule has 4 heterocycles. The van der Waals surface area contributed by atoms with Crippen LogP contribution in [0.1, 0.15) is 24.1 Å². The molecule has 1 aliphatic heterocycles. The molecular weight excluding hydrogens is 428 g/mol. The molecule has 0 amide bonds. The number of aromatic nitrogens is 4. The number of pyridine rings is 1. The number of benzene rings is 1. The number of aromatic amines is 1. The SMILES string of the molecule is CCN1CC(n2cc(-c3cnc4[nH]cc(Cc5c(F)c(OC)cc(OC)c5F)c4c3)cn2)C1. The molecule has 3 aromatic heterocycles. The van der Waals surface area contributed by atoms with Gasteiger partial charge in [-0.05, 0) is 18.2 Å². The lowest BCUT2D eigenvalue weighted by molar-refractivity contribution is 0.105. The van der Waals surface area contributed by atoms with Gasteiger partial charge < -0.3 is 14.5 Å². The first-order valence-electron chi connectivity index (χ1n) is 10.8. The van der Waals surface area contributed by atoms with E-state index in [9.17, 15) is 8.78 Å². The smallest absolute Gasteiger partial charge is 0.171 e. The van der Waals surface area contributed by atoms with Crippen LogP contribution in [0.2, 0.25) is 0 Å². The molecule has 5 rings (SSSR count). The highest BCUT2D eigenvalue weighted by Gasteiger charge is 2.27. The van der Waals surface area contributed by atoms with Crippen molar-refractivity contribution in [3.05, 3.63) is 59.7 Å². The Balaban J connectivity index is 1.47. The summed E-state index contributed by atoms with van der Waals surface area (Å²) in [6.07, 6.45) is 7.38. The van der Waals surface area contributed by atoms with Crippen molar-refractivity contribution in [2.45, 2.75) is 19.4 Å². The quantitative estimate of drug-likeness (QED) is 0.455. The predicted molar refractivity (Wildman–Crippen MR) is 121 cm³/mol. The number of H-pyrrole nitrogens is 1. The summed E-state index contributed by atoms with van der Waals surface area (Å²) in [6, 6.07) is 3.57. The van der Waals surface area contributed by atoms with Crippen molar-refractivity contribution in [2.75, 3.05) is 33.9 Å². The third-order valence-electron chi connectivity index (χ3n) is 6.34. The molecule has 1 saturated heterocycles. The van der Waals surface area contributed by atoms with Crippen LogP contribution in [-0.4, -0.2) is 58.5 Å². The van der Waals surface area contributed by atoms with Crippen LogP contribution in [0.15, 0.2) is 36.9 Å². The fourth-order valence-electron chi connectivity index (χ4n) is 4.30. The number of nitrogens with zero attached hydrogens (tertiary/aromatic N) is 4. The second-order valence-corrected chi connectivity index (χ2v) is 8.21. The monoisotopic (exact) mass is 453 g/mol. The first kappa shape index (κ1) is 21.4. The number of likely N-dealkylation sites (N-methyl/N-ethyl adjacent to an activating group) is 1. The van der Waals surface area contributed by atoms with E-state index in [2.05, 4.69) is 26.9 Å². The summed E-state index contributed by atoms with van der Waals surface area (Å²) >= 11 is 0. The normalized spacial score (nSPS) is 14.6. The number of rotatable bonds is 7. The van der Waals surface area contributed by atoms with Gasteiger partial charge in [-0.3, -0.25) is 9.58 Å². The molecule has 0 unspecified atom stereocenters. The number of fused-ring (bicyclic) bond motifs is 1. The topological polar surface area (TPSA) is 68.2 Å². The van der Waals surface area contributed by atoms with Crippen LogP contribution >= 0.6 is 0 Å². The van der Waals surface area contributed by atoms with Crippen LogP contribution in [0.5, 0.6) is 11.5 Å². The zero-order valence-corrected chi connectivity index (χ0v) is 18.7. The summed E-state index contributed by atoms with van der Waals surface area (Å²) in [4.78, 5) is 9.96. The third kappa shape index (κ3) is 3.72. The molecule has 1 fully saturated rings. The maximum absolute atomic E-state index is 14.9. The zero-order valence-electron chi connectivity index (χ0n) is 18.7. The van der Waals surface area contributed by atoms with Gasteiger partial charge in [0.15, 0.2) is 23.1 Å². The van der Waals surface area contributed by atoms with Crippen LogP contribution in [0.4, 0.5) is 8.78 Å². The van der Waals surface area contributed by atoms with Gasteiger partial charge in [0, 0.05) is 66.2 Å². The van der Waals surface area contributed by atoms with Gasteiger partial charge in [0.1, 0.15) is 5.65 Å². The van der Waals surface area contributed by atoms with Crippen molar-refractivity contribution in [2.24, 2.45) is 0 Å². The van der Waals surface area contributed by atoms with E-state index in [1.54, 1.807) is 12.4 Å². The molecule has 1 aliphatic rings. The van der Waals surface area contributed by atoms with Crippen molar-refractivity contribution in [3.63, 3.8) is 0 Å². The van der Waals surface area contributed by atoms with Gasteiger partial charge in [-0.15, -0.1) is 0 Å². The van der Waals surface area contributed by atoms with Crippen molar-refractivity contribution in [3.8, 4) is 22.6 Å². The summed E-state index contributed by atoms with van der Waals surface area (Å²) < 4.78 is 41.9. The Morgan fingerprint density at radius 3 is 2.45 bits per heavy atom. The van der Waals surface area contributed by atoms with E-state index in [4.69, 9.17) is 9.47 Å². The van der Waals surface area contributed by atoms with Gasteiger partial charge in [0.25, 0.3) is 0 Å². The third-order valence-corrected chi connectivity index (χ3v) is 6.34. The summed E-state index contributed by atoms with van der Waals surface area (Å²) in [5, 5.41) is 5.32. The molecule has 0 radical (unpaired) electrons. The molecular formula is C24H25F2N5O2. The number of methoxy groups -OCH3 is 2. The molecule has 1 aromatic carbocycles. The standard InChI is InChI=1S/C24H25F2N5O2/c1-4-30-12-17(13-30)31-11-16(10-29-31)14-5-18-15(9-28-24(18)27-8-14)6-19-22(25)20(32-2)7-21(33-3)23(19)26/h5,7-11,17H,4,6,12-13H2,1-3H3,(H,27,28). The van der Waals surface area contributed by atoms with Crippen LogP contribution in [0, 0.1) is 11.6 Å². The van der Waals surface area contributed by atoms with E-state index in [0.29, 0.717) is 11.7 Å². The summed E-state index contributed by atoms with van der Waals surface area (Å²) in [5.74, 6) is -1.60. The highest BCUT2D eigenvalue weighted by atomic mass is 19.1. The van der Waals surface area contributed by atoms with Gasteiger partial charge in [-0.2, -0.15) is 5.10 Å². The first-order valence-corrected chi connectivity index (χ1v) is 10.8. The Morgan fingerprint density at radius 2 is 1.79 bits per heavy atom. The van der Waals surface area contributed by atoms with E-state index in [0.717, 1.165) is 41.7 Å². The molecule has 0 atom stereocenters. The lowest BCUT2D eigenvalue weighted by Gasteiger charge is -2.38. The lowest BCUT2D eigenvalue weighted by Crippen LogP contribution is -2.47. The maximum Gasteiger partial charge on any atom is 0.171 e. The number of ether oxygens (including phenoxy) is 2. The fraction of sp³-hybridized carbons (Fsp3) is 0.333. The van der Waals surface area contributed by atoms with Crippen LogP contribution in [0.3, 0.4) is 0 Å². The van der Waals surface area contributed by atoms with E-state index < -0.39 is 11.6 Å². The van der Waals surface area contributed by atoms with E-state index in [1.165, 1.54) is 20.3 Å². The predicted octanol–water partition coefficient (Wildman–Crippen LogP) is 4.19. The Kier molecular flexibility index (Phi) is 5.49. The molecule has 0 aliphatic carbocycles. The minimum Gasteiger partial charge on any atom is -0.494 e. The maximum atomic E-state index is 14.9. The molecule has 0 bridgehead atoms. The van der Waals surface area contributed by atoms with Gasteiger partial charge >= 0.3 is 0 Å². The van der Waals surface area contributed by atoms with Crippen molar-refractivity contribution >= 4 is 11.0 Å². The minimum absolute atomic E-state index is 0.0184. The molecule has 0 spiro atoms. The first-order chi connectivity index (χ1) is 16.0. The van der Waals surface area contributed by atoms with Crippen molar-refractivity contribution < 1.29 is 18.3 Å². The van der Waals surface area contributed by atoms with Gasteiger partial charge in [0.2, 0.25) is 0 Å². The molecule has 172 valence electrons. The number of hydrogen-bond donors (Lipinski definition) is 1. The van der Waals surface area contributed by atoms with Crippen LogP contribution in [0.25, 0.3) is 22.2 Å². The summed E-state index contributed by atoms with van der Waals surface area (Å²) in [5.41, 5.74) is 3.10. The summed E-state index contributed by atoms with van der Waals surface area (Å²) in [7, 11) is 2.68. The van der Waals surface area contributed by atoms with Gasteiger partial charge in [-0.1, -0.05) is 6.92 Å². The van der Waals surface area contributed by atoms with Gasteiger partial charge in [0.05, 0.1) is 26.5 Å². The average Bonchev–Trinajstić information content (AvgIpc) is 3.43. The fourth-order valence-corrected chi connectivity index (χ4v) is 4.30. The average molecular weight is 453 g/mol. The number of halogens is 2. The Bertz CT molecular complexity index is 1280. The number of hydrogen-bond acceptors (Lipinski definition) is 5. The van der Waals surface area contributed by atoms with Crippen LogP contribution in [-0.2, 0) is 6.42 Å².